The Balaban J connectivity index is 2.04. The van der Waals surface area contributed by atoms with Gasteiger partial charge in [0.25, 0.3) is 5.22 Å². The molecule has 1 aromatic rings. The summed E-state index contributed by atoms with van der Waals surface area (Å²) in [6, 6.07) is 0.323. The summed E-state index contributed by atoms with van der Waals surface area (Å²) in [5.74, 6) is 1.06. The highest BCUT2D eigenvalue weighted by molar-refractivity contribution is 7.99. The molecule has 0 aliphatic heterocycles. The Morgan fingerprint density at radius 2 is 2.36 bits per heavy atom. The van der Waals surface area contributed by atoms with E-state index in [4.69, 9.17) is 10.2 Å². The molecule has 1 rings (SSSR count). The van der Waals surface area contributed by atoms with Gasteiger partial charge in [-0.2, -0.15) is 0 Å². The van der Waals surface area contributed by atoms with E-state index < -0.39 is 0 Å². The third-order valence-electron chi connectivity index (χ3n) is 1.88. The fourth-order valence-corrected chi connectivity index (χ4v) is 1.97. The molecule has 3 nitrogen and oxygen atoms in total. The average molecular weight is 214 g/mol. The molecule has 1 heterocycles. The zero-order valence-corrected chi connectivity index (χ0v) is 9.64. The maximum absolute atomic E-state index is 5.65. The van der Waals surface area contributed by atoms with E-state index in [1.165, 1.54) is 12.8 Å². The van der Waals surface area contributed by atoms with Gasteiger partial charge in [-0.3, -0.25) is 0 Å². The Hall–Kier alpha value is -0.480. The van der Waals surface area contributed by atoms with Crippen molar-refractivity contribution in [3.8, 4) is 0 Å². The van der Waals surface area contributed by atoms with Crippen LogP contribution in [0.2, 0.25) is 0 Å². The second kappa shape index (κ2) is 6.09. The van der Waals surface area contributed by atoms with Gasteiger partial charge in [0, 0.05) is 11.8 Å². The SMILES string of the molecule is Cc1coc(SCCCCC(C)N)n1. The standard InChI is InChI=1S/C10H18N2OS/c1-8(11)5-3-4-6-14-10-12-9(2)7-13-10/h7-8H,3-6,11H2,1-2H3. The molecule has 0 fully saturated rings. The van der Waals surface area contributed by atoms with Crippen LogP contribution >= 0.6 is 11.8 Å². The van der Waals surface area contributed by atoms with E-state index in [0.717, 1.165) is 23.1 Å². The number of unbranched alkanes of at least 4 members (excludes halogenated alkanes) is 1. The maximum Gasteiger partial charge on any atom is 0.255 e. The summed E-state index contributed by atoms with van der Waals surface area (Å²) in [6.45, 7) is 3.98. The fourth-order valence-electron chi connectivity index (χ4n) is 1.13. The molecule has 0 bridgehead atoms. The van der Waals surface area contributed by atoms with Gasteiger partial charge in [-0.15, -0.1) is 0 Å². The van der Waals surface area contributed by atoms with Crippen LogP contribution < -0.4 is 5.73 Å². The van der Waals surface area contributed by atoms with Gasteiger partial charge in [-0.05, 0) is 26.7 Å². The number of aryl methyl sites for hydroxylation is 1. The Morgan fingerprint density at radius 1 is 1.57 bits per heavy atom. The first-order chi connectivity index (χ1) is 6.68. The molecule has 0 radical (unpaired) electrons. The van der Waals surface area contributed by atoms with Gasteiger partial charge in [0.05, 0.1) is 5.69 Å². The predicted octanol–water partition coefficient (Wildman–Crippen LogP) is 2.59. The summed E-state index contributed by atoms with van der Waals surface area (Å²) in [5.41, 5.74) is 6.60. The lowest BCUT2D eigenvalue weighted by Crippen LogP contribution is -2.13. The molecule has 0 spiro atoms. The van der Waals surface area contributed by atoms with Gasteiger partial charge in [0.1, 0.15) is 6.26 Å². The number of rotatable bonds is 6. The minimum atomic E-state index is 0.323. The Labute approximate surface area is 89.5 Å². The molecule has 0 amide bonds. The van der Waals surface area contributed by atoms with Crippen LogP contribution in [0.25, 0.3) is 0 Å². The normalized spacial score (nSPS) is 13.1. The minimum absolute atomic E-state index is 0.323. The lowest BCUT2D eigenvalue weighted by atomic mass is 10.2. The van der Waals surface area contributed by atoms with Crippen molar-refractivity contribution in [2.75, 3.05) is 5.75 Å². The Morgan fingerprint density at radius 3 is 2.93 bits per heavy atom. The lowest BCUT2D eigenvalue weighted by molar-refractivity contribution is 0.453. The smallest absolute Gasteiger partial charge is 0.255 e. The van der Waals surface area contributed by atoms with Crippen LogP contribution in [-0.4, -0.2) is 16.8 Å². The molecule has 4 heteroatoms. The van der Waals surface area contributed by atoms with E-state index in [-0.39, 0.29) is 0 Å². The number of hydrogen-bond acceptors (Lipinski definition) is 4. The van der Waals surface area contributed by atoms with E-state index in [2.05, 4.69) is 4.98 Å². The second-order valence-corrected chi connectivity index (χ2v) is 4.62. The van der Waals surface area contributed by atoms with E-state index in [0.29, 0.717) is 6.04 Å². The molecule has 0 aliphatic rings. The maximum atomic E-state index is 5.65. The van der Waals surface area contributed by atoms with Gasteiger partial charge in [0.15, 0.2) is 0 Å². The minimum Gasteiger partial charge on any atom is -0.440 e. The van der Waals surface area contributed by atoms with Crippen molar-refractivity contribution in [2.45, 2.75) is 44.4 Å². The molecule has 14 heavy (non-hydrogen) atoms. The van der Waals surface area contributed by atoms with Crippen LogP contribution in [-0.2, 0) is 0 Å². The van der Waals surface area contributed by atoms with Gasteiger partial charge in [0.2, 0.25) is 0 Å². The van der Waals surface area contributed by atoms with Crippen molar-refractivity contribution >= 4 is 11.8 Å². The quantitative estimate of drug-likeness (QED) is 0.584. The largest absolute Gasteiger partial charge is 0.440 e. The summed E-state index contributed by atoms with van der Waals surface area (Å²) in [5, 5.41) is 0.781. The van der Waals surface area contributed by atoms with Crippen molar-refractivity contribution in [3.63, 3.8) is 0 Å². The first kappa shape index (κ1) is 11.6. The molecule has 0 saturated heterocycles. The van der Waals surface area contributed by atoms with Gasteiger partial charge >= 0.3 is 0 Å². The Kier molecular flexibility index (Phi) is 5.04. The summed E-state index contributed by atoms with van der Waals surface area (Å²) in [6.07, 6.45) is 5.15. The van der Waals surface area contributed by atoms with Crippen molar-refractivity contribution in [1.29, 1.82) is 0 Å². The summed E-state index contributed by atoms with van der Waals surface area (Å²) >= 11 is 1.67. The van der Waals surface area contributed by atoms with Crippen LogP contribution in [0, 0.1) is 6.92 Å². The molecular weight excluding hydrogens is 196 g/mol. The fraction of sp³-hybridized carbons (Fsp3) is 0.700. The topological polar surface area (TPSA) is 52.0 Å². The highest BCUT2D eigenvalue weighted by atomic mass is 32.2. The van der Waals surface area contributed by atoms with Crippen molar-refractivity contribution in [2.24, 2.45) is 5.73 Å². The lowest BCUT2D eigenvalue weighted by Gasteiger charge is -2.02. The average Bonchev–Trinajstić information content (AvgIpc) is 2.50. The molecule has 0 saturated carbocycles. The first-order valence-electron chi connectivity index (χ1n) is 4.99. The van der Waals surface area contributed by atoms with Crippen LogP contribution in [0.1, 0.15) is 31.9 Å². The highest BCUT2D eigenvalue weighted by Gasteiger charge is 2.01. The molecule has 0 aromatic carbocycles. The van der Waals surface area contributed by atoms with Gasteiger partial charge < -0.3 is 10.2 Å². The highest BCUT2D eigenvalue weighted by Crippen LogP contribution is 2.18. The molecule has 0 aliphatic carbocycles. The molecule has 1 atom stereocenters. The number of hydrogen-bond donors (Lipinski definition) is 1. The number of thioether (sulfide) groups is 1. The van der Waals surface area contributed by atoms with Crippen LogP contribution in [0.5, 0.6) is 0 Å². The molecule has 2 N–H and O–H groups in total. The number of nitrogens with two attached hydrogens (primary N) is 1. The van der Waals surface area contributed by atoms with E-state index >= 15 is 0 Å². The van der Waals surface area contributed by atoms with Gasteiger partial charge in [-0.1, -0.05) is 18.2 Å². The molecule has 1 unspecified atom stereocenters. The van der Waals surface area contributed by atoms with Crippen LogP contribution in [0.15, 0.2) is 15.9 Å². The van der Waals surface area contributed by atoms with E-state index in [9.17, 15) is 0 Å². The third kappa shape index (κ3) is 4.67. The zero-order valence-electron chi connectivity index (χ0n) is 8.82. The molecule has 1 aromatic heterocycles. The monoisotopic (exact) mass is 214 g/mol. The molecule has 80 valence electrons. The van der Waals surface area contributed by atoms with E-state index in [1.807, 2.05) is 13.8 Å². The van der Waals surface area contributed by atoms with E-state index in [1.54, 1.807) is 18.0 Å². The summed E-state index contributed by atoms with van der Waals surface area (Å²) in [7, 11) is 0. The zero-order chi connectivity index (χ0) is 10.4. The summed E-state index contributed by atoms with van der Waals surface area (Å²) in [4.78, 5) is 4.22. The predicted molar refractivity (Wildman–Crippen MR) is 59.5 cm³/mol. The van der Waals surface area contributed by atoms with Crippen molar-refractivity contribution in [3.05, 3.63) is 12.0 Å². The number of nitrogens with zero attached hydrogens (tertiary/aromatic N) is 1. The summed E-state index contributed by atoms with van der Waals surface area (Å²) < 4.78 is 5.22. The van der Waals surface area contributed by atoms with Crippen molar-refractivity contribution in [1.82, 2.24) is 4.98 Å². The van der Waals surface area contributed by atoms with Gasteiger partial charge in [-0.25, -0.2) is 4.98 Å². The first-order valence-corrected chi connectivity index (χ1v) is 5.97. The second-order valence-electron chi connectivity index (χ2n) is 3.58. The number of oxazole rings is 1. The Bertz CT molecular complexity index is 260. The van der Waals surface area contributed by atoms with Crippen LogP contribution in [0.4, 0.5) is 0 Å². The number of aromatic nitrogens is 1. The van der Waals surface area contributed by atoms with Crippen LogP contribution in [0.3, 0.4) is 0 Å². The third-order valence-corrected chi connectivity index (χ3v) is 2.80. The van der Waals surface area contributed by atoms with Crippen molar-refractivity contribution < 1.29 is 4.42 Å². The molecular formula is C10H18N2OS.